The minimum Gasteiger partial charge on any atom is -0.298 e. The molecule has 0 atom stereocenters. The molecule has 2 aromatic carbocycles. The molecule has 31 heavy (non-hydrogen) atoms. The van der Waals surface area contributed by atoms with E-state index in [1.54, 1.807) is 11.3 Å². The van der Waals surface area contributed by atoms with Crippen LogP contribution in [-0.2, 0) is 11.3 Å². The number of nitrogens with zero attached hydrogens (tertiary/aromatic N) is 5. The second kappa shape index (κ2) is 10.1. The summed E-state index contributed by atoms with van der Waals surface area (Å²) >= 11 is 2.94. The number of benzene rings is 2. The van der Waals surface area contributed by atoms with Gasteiger partial charge in [-0.25, -0.2) is 0 Å². The Morgan fingerprint density at radius 3 is 2.45 bits per heavy atom. The van der Waals surface area contributed by atoms with Gasteiger partial charge in [0.1, 0.15) is 6.54 Å². The van der Waals surface area contributed by atoms with E-state index in [1.165, 1.54) is 16.7 Å². The number of amides is 1. The quantitative estimate of drug-likeness (QED) is 0.290. The maximum absolute atomic E-state index is 12.9. The third-order valence-electron chi connectivity index (χ3n) is 4.56. The zero-order chi connectivity index (χ0) is 21.5. The second-order valence-corrected chi connectivity index (χ2v) is 8.51. The van der Waals surface area contributed by atoms with Gasteiger partial charge in [-0.3, -0.25) is 14.3 Å². The van der Waals surface area contributed by atoms with Crippen LogP contribution in [0.15, 0.2) is 83.3 Å². The third kappa shape index (κ3) is 5.02. The van der Waals surface area contributed by atoms with Crippen LogP contribution in [-0.4, -0.2) is 33.0 Å². The highest BCUT2D eigenvalue weighted by Crippen LogP contribution is 2.28. The van der Waals surface area contributed by atoms with Gasteiger partial charge in [-0.1, -0.05) is 66.4 Å². The van der Waals surface area contributed by atoms with E-state index in [0.717, 1.165) is 16.3 Å². The van der Waals surface area contributed by atoms with Crippen LogP contribution in [0.5, 0.6) is 0 Å². The van der Waals surface area contributed by atoms with E-state index in [0.29, 0.717) is 17.4 Å². The summed E-state index contributed by atoms with van der Waals surface area (Å²) in [5.74, 6) is 0.795. The van der Waals surface area contributed by atoms with Crippen LogP contribution < -0.4 is 4.90 Å². The number of hydrogen-bond acceptors (Lipinski definition) is 6. The first-order valence-electron chi connectivity index (χ1n) is 9.62. The predicted molar refractivity (Wildman–Crippen MR) is 124 cm³/mol. The van der Waals surface area contributed by atoms with Gasteiger partial charge >= 0.3 is 0 Å². The van der Waals surface area contributed by atoms with Crippen LogP contribution in [0.25, 0.3) is 10.7 Å². The SMILES string of the molecule is N#CCN(C(=O)CSc1nnc(-c2cccs2)n1Cc1ccccc1)c1ccccc1. The van der Waals surface area contributed by atoms with Crippen molar-refractivity contribution < 1.29 is 4.79 Å². The summed E-state index contributed by atoms with van der Waals surface area (Å²) in [4.78, 5) is 15.4. The van der Waals surface area contributed by atoms with E-state index in [4.69, 9.17) is 0 Å². The standard InChI is InChI=1S/C23H19N5OS2/c24-13-14-27(19-10-5-2-6-11-19)21(29)17-31-23-26-25-22(20-12-7-15-30-20)28(23)16-18-8-3-1-4-9-18/h1-12,15H,14,16-17H2. The van der Waals surface area contributed by atoms with E-state index < -0.39 is 0 Å². The largest absolute Gasteiger partial charge is 0.298 e. The fourth-order valence-corrected chi connectivity index (χ4v) is 4.63. The lowest BCUT2D eigenvalue weighted by molar-refractivity contribution is -0.116. The molecule has 1 amide bonds. The highest BCUT2D eigenvalue weighted by Gasteiger charge is 2.20. The molecule has 8 heteroatoms. The van der Waals surface area contributed by atoms with Gasteiger partial charge in [-0.15, -0.1) is 21.5 Å². The molecule has 0 aliphatic heterocycles. The Bertz CT molecular complexity index is 1170. The van der Waals surface area contributed by atoms with Crippen molar-refractivity contribution in [1.82, 2.24) is 14.8 Å². The lowest BCUT2D eigenvalue weighted by Gasteiger charge is -2.19. The van der Waals surface area contributed by atoms with E-state index >= 15 is 0 Å². The van der Waals surface area contributed by atoms with E-state index in [1.807, 2.05) is 70.6 Å². The molecule has 0 fully saturated rings. The summed E-state index contributed by atoms with van der Waals surface area (Å²) in [6.07, 6.45) is 0. The van der Waals surface area contributed by atoms with Crippen molar-refractivity contribution in [3.8, 4) is 16.8 Å². The summed E-state index contributed by atoms with van der Waals surface area (Å²) in [7, 11) is 0. The molecule has 0 N–H and O–H groups in total. The van der Waals surface area contributed by atoms with Gasteiger partial charge in [-0.05, 0) is 29.1 Å². The molecule has 6 nitrogen and oxygen atoms in total. The van der Waals surface area contributed by atoms with Gasteiger partial charge in [0, 0.05) is 5.69 Å². The summed E-state index contributed by atoms with van der Waals surface area (Å²) in [6.45, 7) is 0.610. The Morgan fingerprint density at radius 2 is 1.77 bits per heavy atom. The van der Waals surface area contributed by atoms with Crippen molar-refractivity contribution in [2.45, 2.75) is 11.7 Å². The molecule has 2 aromatic heterocycles. The molecule has 4 aromatic rings. The third-order valence-corrected chi connectivity index (χ3v) is 6.38. The summed E-state index contributed by atoms with van der Waals surface area (Å²) in [6, 6.07) is 25.4. The highest BCUT2D eigenvalue weighted by molar-refractivity contribution is 7.99. The number of anilines is 1. The first kappa shape index (κ1) is 20.8. The Hall–Kier alpha value is -3.41. The molecule has 0 unspecified atom stereocenters. The Morgan fingerprint density at radius 1 is 1.03 bits per heavy atom. The van der Waals surface area contributed by atoms with Crippen LogP contribution in [0.2, 0.25) is 0 Å². The van der Waals surface area contributed by atoms with Crippen LogP contribution in [0, 0.1) is 11.3 Å². The van der Waals surface area contributed by atoms with E-state index in [2.05, 4.69) is 28.4 Å². The molecule has 154 valence electrons. The monoisotopic (exact) mass is 445 g/mol. The summed E-state index contributed by atoms with van der Waals surface area (Å²) in [5, 5.41) is 20.6. The topological polar surface area (TPSA) is 74.8 Å². The smallest absolute Gasteiger partial charge is 0.238 e. The highest BCUT2D eigenvalue weighted by atomic mass is 32.2. The predicted octanol–water partition coefficient (Wildman–Crippen LogP) is 4.70. The Labute approximate surface area is 188 Å². The number of hydrogen-bond donors (Lipinski definition) is 0. The first-order valence-corrected chi connectivity index (χ1v) is 11.5. The van der Waals surface area contributed by atoms with Crippen molar-refractivity contribution in [2.75, 3.05) is 17.2 Å². The molecular formula is C23H19N5OS2. The summed E-state index contributed by atoms with van der Waals surface area (Å²) in [5.41, 5.74) is 1.84. The van der Waals surface area contributed by atoms with Crippen LogP contribution in [0.1, 0.15) is 5.56 Å². The van der Waals surface area contributed by atoms with Gasteiger partial charge in [0.25, 0.3) is 0 Å². The fraction of sp³-hybridized carbons (Fsp3) is 0.130. The first-order chi connectivity index (χ1) is 15.3. The zero-order valence-corrected chi connectivity index (χ0v) is 18.2. The minimum absolute atomic E-state index is 0.000553. The molecule has 0 aliphatic rings. The van der Waals surface area contributed by atoms with Gasteiger partial charge in [-0.2, -0.15) is 5.26 Å². The number of rotatable bonds is 8. The molecular weight excluding hydrogens is 426 g/mol. The molecule has 0 aliphatic carbocycles. The van der Waals surface area contributed by atoms with Crippen molar-refractivity contribution in [3.63, 3.8) is 0 Å². The molecule has 2 heterocycles. The maximum atomic E-state index is 12.9. The number of carbonyl (C=O) groups excluding carboxylic acids is 1. The van der Waals surface area contributed by atoms with Gasteiger partial charge < -0.3 is 0 Å². The van der Waals surface area contributed by atoms with Gasteiger partial charge in [0.05, 0.1) is 23.2 Å². The van der Waals surface area contributed by atoms with E-state index in [9.17, 15) is 10.1 Å². The van der Waals surface area contributed by atoms with Gasteiger partial charge in [0.2, 0.25) is 5.91 Å². The average Bonchev–Trinajstić information content (AvgIpc) is 3.47. The van der Waals surface area contributed by atoms with Crippen molar-refractivity contribution in [2.24, 2.45) is 0 Å². The molecule has 0 spiro atoms. The zero-order valence-electron chi connectivity index (χ0n) is 16.6. The minimum atomic E-state index is -0.148. The number of thioether (sulfide) groups is 1. The van der Waals surface area contributed by atoms with Gasteiger partial charge in [0.15, 0.2) is 11.0 Å². The average molecular weight is 446 g/mol. The van der Waals surface area contributed by atoms with E-state index in [-0.39, 0.29) is 18.2 Å². The fourth-order valence-electron chi connectivity index (χ4n) is 3.10. The molecule has 0 saturated carbocycles. The normalized spacial score (nSPS) is 10.5. The van der Waals surface area contributed by atoms with Crippen LogP contribution >= 0.6 is 23.1 Å². The number of nitriles is 1. The van der Waals surface area contributed by atoms with Crippen LogP contribution in [0.4, 0.5) is 5.69 Å². The van der Waals surface area contributed by atoms with Crippen molar-refractivity contribution in [3.05, 3.63) is 83.7 Å². The summed E-state index contributed by atoms with van der Waals surface area (Å²) < 4.78 is 2.04. The Kier molecular flexibility index (Phi) is 6.77. The molecule has 0 bridgehead atoms. The molecule has 0 radical (unpaired) electrons. The number of para-hydroxylation sites is 1. The van der Waals surface area contributed by atoms with Crippen molar-refractivity contribution in [1.29, 1.82) is 5.26 Å². The molecule has 4 rings (SSSR count). The number of carbonyl (C=O) groups is 1. The second-order valence-electron chi connectivity index (χ2n) is 6.62. The number of thiophene rings is 1. The van der Waals surface area contributed by atoms with Crippen molar-refractivity contribution >= 4 is 34.7 Å². The maximum Gasteiger partial charge on any atom is 0.238 e. The molecule has 0 saturated heterocycles. The Balaban J connectivity index is 1.56. The number of aromatic nitrogens is 3. The van der Waals surface area contributed by atoms with Crippen LogP contribution in [0.3, 0.4) is 0 Å². The lowest BCUT2D eigenvalue weighted by atomic mass is 10.2. The lowest BCUT2D eigenvalue weighted by Crippen LogP contribution is -2.32.